The largest absolute Gasteiger partial charge is 0.324 e. The molecular formula is C10H15ClN2O2S. The van der Waals surface area contributed by atoms with Gasteiger partial charge in [0.15, 0.2) is 0 Å². The normalized spacial score (nSPS) is 12.8. The molecule has 1 aromatic carbocycles. The molecule has 0 spiro atoms. The molecule has 90 valence electrons. The first-order valence-corrected chi connectivity index (χ1v) is 6.61. The number of halogens is 1. The van der Waals surface area contributed by atoms with Crippen LogP contribution >= 0.6 is 11.6 Å². The number of sulfonamides is 1. The van der Waals surface area contributed by atoms with E-state index in [1.807, 2.05) is 0 Å². The number of nitrogens with two attached hydrogens (primary N) is 1. The predicted octanol–water partition coefficient (Wildman–Crippen LogP) is 1.36. The van der Waals surface area contributed by atoms with Crippen LogP contribution in [-0.2, 0) is 10.0 Å². The standard InChI is InChI=1S/C10H15ClN2O2S/c1-10(2,12)7-13-16(14,15)9-5-3-8(11)4-6-9/h3-6,13H,7,12H2,1-2H3. The molecule has 0 atom stereocenters. The summed E-state index contributed by atoms with van der Waals surface area (Å²) in [6.45, 7) is 3.67. The van der Waals surface area contributed by atoms with Gasteiger partial charge < -0.3 is 5.73 Å². The molecule has 1 rings (SSSR count). The highest BCUT2D eigenvalue weighted by Crippen LogP contribution is 2.14. The Kier molecular flexibility index (Phi) is 3.96. The Bertz CT molecular complexity index is 449. The minimum absolute atomic E-state index is 0.179. The first-order valence-electron chi connectivity index (χ1n) is 4.75. The summed E-state index contributed by atoms with van der Waals surface area (Å²) in [5.41, 5.74) is 5.11. The quantitative estimate of drug-likeness (QED) is 0.861. The average molecular weight is 263 g/mol. The van der Waals surface area contributed by atoms with Gasteiger partial charge in [0.25, 0.3) is 0 Å². The van der Waals surface area contributed by atoms with Gasteiger partial charge in [0, 0.05) is 17.1 Å². The van der Waals surface area contributed by atoms with E-state index < -0.39 is 15.6 Å². The molecule has 0 fully saturated rings. The Morgan fingerprint density at radius 3 is 2.25 bits per heavy atom. The number of hydrogen-bond donors (Lipinski definition) is 2. The number of rotatable bonds is 4. The molecule has 0 amide bonds. The van der Waals surface area contributed by atoms with Gasteiger partial charge in [-0.25, -0.2) is 13.1 Å². The average Bonchev–Trinajstić information content (AvgIpc) is 2.15. The summed E-state index contributed by atoms with van der Waals surface area (Å²) in [5.74, 6) is 0. The highest BCUT2D eigenvalue weighted by Gasteiger charge is 2.18. The molecule has 0 aliphatic rings. The summed E-state index contributed by atoms with van der Waals surface area (Å²) in [5, 5.41) is 0.498. The summed E-state index contributed by atoms with van der Waals surface area (Å²) in [7, 11) is -3.50. The molecule has 3 N–H and O–H groups in total. The third-order valence-corrected chi connectivity index (χ3v) is 3.51. The maximum absolute atomic E-state index is 11.8. The molecule has 0 unspecified atom stereocenters. The molecule has 0 aliphatic carbocycles. The van der Waals surface area contributed by atoms with Crippen LogP contribution in [-0.4, -0.2) is 20.5 Å². The highest BCUT2D eigenvalue weighted by atomic mass is 35.5. The van der Waals surface area contributed by atoms with Crippen LogP contribution in [0.25, 0.3) is 0 Å². The summed E-state index contributed by atoms with van der Waals surface area (Å²) >= 11 is 5.68. The third-order valence-electron chi connectivity index (χ3n) is 1.84. The van der Waals surface area contributed by atoms with Crippen molar-refractivity contribution in [1.29, 1.82) is 0 Å². The lowest BCUT2D eigenvalue weighted by Crippen LogP contribution is -2.45. The SMILES string of the molecule is CC(C)(N)CNS(=O)(=O)c1ccc(Cl)cc1. The molecule has 4 nitrogen and oxygen atoms in total. The second kappa shape index (κ2) is 4.71. The molecule has 0 heterocycles. The fraction of sp³-hybridized carbons (Fsp3) is 0.400. The molecule has 0 aliphatic heterocycles. The maximum atomic E-state index is 11.8. The second-order valence-electron chi connectivity index (χ2n) is 4.27. The van der Waals surface area contributed by atoms with Gasteiger partial charge in [-0.2, -0.15) is 0 Å². The van der Waals surface area contributed by atoms with Crippen molar-refractivity contribution in [3.63, 3.8) is 0 Å². The zero-order valence-corrected chi connectivity index (χ0v) is 10.8. The van der Waals surface area contributed by atoms with E-state index in [1.165, 1.54) is 24.3 Å². The van der Waals surface area contributed by atoms with E-state index in [4.69, 9.17) is 17.3 Å². The van der Waals surface area contributed by atoms with Gasteiger partial charge in [0.05, 0.1) is 4.90 Å². The van der Waals surface area contributed by atoms with Gasteiger partial charge in [-0.15, -0.1) is 0 Å². The van der Waals surface area contributed by atoms with Crippen molar-refractivity contribution < 1.29 is 8.42 Å². The van der Waals surface area contributed by atoms with Crippen LogP contribution < -0.4 is 10.5 Å². The zero-order valence-electron chi connectivity index (χ0n) is 9.20. The van der Waals surface area contributed by atoms with Crippen LogP contribution in [0.3, 0.4) is 0 Å². The smallest absolute Gasteiger partial charge is 0.240 e. The number of hydrogen-bond acceptors (Lipinski definition) is 3. The Hall–Kier alpha value is -0.620. The third kappa shape index (κ3) is 4.09. The summed E-state index contributed by atoms with van der Waals surface area (Å²) in [4.78, 5) is 0.182. The summed E-state index contributed by atoms with van der Waals surface area (Å²) < 4.78 is 26.0. The maximum Gasteiger partial charge on any atom is 0.240 e. The van der Waals surface area contributed by atoms with Gasteiger partial charge in [0.2, 0.25) is 10.0 Å². The van der Waals surface area contributed by atoms with Gasteiger partial charge >= 0.3 is 0 Å². The van der Waals surface area contributed by atoms with E-state index in [9.17, 15) is 8.42 Å². The zero-order chi connectivity index (χ0) is 12.4. The minimum atomic E-state index is -3.50. The van der Waals surface area contributed by atoms with Gasteiger partial charge in [-0.05, 0) is 38.1 Å². The fourth-order valence-electron chi connectivity index (χ4n) is 0.978. The van der Waals surface area contributed by atoms with Crippen molar-refractivity contribution in [3.8, 4) is 0 Å². The minimum Gasteiger partial charge on any atom is -0.324 e. The molecule has 1 aromatic rings. The molecular weight excluding hydrogens is 248 g/mol. The van der Waals surface area contributed by atoms with Gasteiger partial charge in [0.1, 0.15) is 0 Å². The first kappa shape index (κ1) is 13.4. The predicted molar refractivity (Wildman–Crippen MR) is 64.9 cm³/mol. The van der Waals surface area contributed by atoms with Crippen LogP contribution in [0.5, 0.6) is 0 Å². The molecule has 0 bridgehead atoms. The Morgan fingerprint density at radius 2 is 1.81 bits per heavy atom. The van der Waals surface area contributed by atoms with Crippen molar-refractivity contribution in [1.82, 2.24) is 4.72 Å². The van der Waals surface area contributed by atoms with Gasteiger partial charge in [-0.3, -0.25) is 0 Å². The van der Waals surface area contributed by atoms with Crippen molar-refractivity contribution in [2.75, 3.05) is 6.54 Å². The molecule has 0 saturated heterocycles. The van der Waals surface area contributed by atoms with Crippen molar-refractivity contribution in [2.24, 2.45) is 5.73 Å². The van der Waals surface area contributed by atoms with Crippen LogP contribution in [0.15, 0.2) is 29.2 Å². The number of nitrogens with one attached hydrogen (secondary N) is 1. The lowest BCUT2D eigenvalue weighted by Gasteiger charge is -2.18. The van der Waals surface area contributed by atoms with Crippen LogP contribution in [0.2, 0.25) is 5.02 Å². The summed E-state index contributed by atoms with van der Waals surface area (Å²) in [6, 6.07) is 5.97. The summed E-state index contributed by atoms with van der Waals surface area (Å²) in [6.07, 6.45) is 0. The van der Waals surface area contributed by atoms with Crippen molar-refractivity contribution >= 4 is 21.6 Å². The lowest BCUT2D eigenvalue weighted by molar-refractivity contribution is 0.498. The molecule has 0 aromatic heterocycles. The fourth-order valence-corrected chi connectivity index (χ4v) is 2.33. The Morgan fingerprint density at radius 1 is 1.31 bits per heavy atom. The molecule has 0 radical (unpaired) electrons. The van der Waals surface area contributed by atoms with E-state index in [2.05, 4.69) is 4.72 Å². The highest BCUT2D eigenvalue weighted by molar-refractivity contribution is 7.89. The molecule has 6 heteroatoms. The number of benzene rings is 1. The first-order chi connectivity index (χ1) is 7.21. The van der Waals surface area contributed by atoms with E-state index in [1.54, 1.807) is 13.8 Å². The monoisotopic (exact) mass is 262 g/mol. The molecule has 16 heavy (non-hydrogen) atoms. The van der Waals surface area contributed by atoms with Crippen LogP contribution in [0, 0.1) is 0 Å². The molecule has 0 saturated carbocycles. The van der Waals surface area contributed by atoms with Crippen LogP contribution in [0.4, 0.5) is 0 Å². The van der Waals surface area contributed by atoms with E-state index in [-0.39, 0.29) is 11.4 Å². The van der Waals surface area contributed by atoms with Crippen LogP contribution in [0.1, 0.15) is 13.8 Å². The van der Waals surface area contributed by atoms with Gasteiger partial charge in [-0.1, -0.05) is 11.6 Å². The van der Waals surface area contributed by atoms with E-state index in [0.29, 0.717) is 5.02 Å². The topological polar surface area (TPSA) is 72.2 Å². The van der Waals surface area contributed by atoms with E-state index >= 15 is 0 Å². The second-order valence-corrected chi connectivity index (χ2v) is 6.47. The Labute approximate surface area is 101 Å². The van der Waals surface area contributed by atoms with E-state index in [0.717, 1.165) is 0 Å². The lowest BCUT2D eigenvalue weighted by atomic mass is 10.1. The van der Waals surface area contributed by atoms with Crippen molar-refractivity contribution in [2.45, 2.75) is 24.3 Å². The Balaban J connectivity index is 2.83. The van der Waals surface area contributed by atoms with Crippen molar-refractivity contribution in [3.05, 3.63) is 29.3 Å².